The predicted octanol–water partition coefficient (Wildman–Crippen LogP) is 3.85. The third-order valence-electron chi connectivity index (χ3n) is 2.07. The molecule has 1 fully saturated rings. The largest absolute Gasteiger partial charge is 0.490 e. The van der Waals surface area contributed by atoms with Crippen molar-refractivity contribution in [2.75, 3.05) is 0 Å². The average Bonchev–Trinajstić information content (AvgIpc) is 2.90. The van der Waals surface area contributed by atoms with Crippen LogP contribution in [0.2, 0.25) is 0 Å². The van der Waals surface area contributed by atoms with E-state index in [-0.39, 0.29) is 11.9 Å². The Labute approximate surface area is 98.8 Å². The van der Waals surface area contributed by atoms with Crippen molar-refractivity contribution in [3.63, 3.8) is 0 Å². The maximum atomic E-state index is 12.6. The lowest BCUT2D eigenvalue weighted by atomic mass is 10.2. The first kappa shape index (κ1) is 11.0. The second kappa shape index (κ2) is 3.84. The quantitative estimate of drug-likeness (QED) is 0.750. The molecule has 0 aliphatic heterocycles. The molecular formula is C10H8F3IO. The maximum Gasteiger partial charge on any atom is 0.419 e. The lowest BCUT2D eigenvalue weighted by Gasteiger charge is -2.13. The van der Waals surface area contributed by atoms with Crippen LogP contribution in [0.15, 0.2) is 18.2 Å². The van der Waals surface area contributed by atoms with E-state index < -0.39 is 11.7 Å². The summed E-state index contributed by atoms with van der Waals surface area (Å²) < 4.78 is 43.6. The minimum absolute atomic E-state index is 0.0221. The van der Waals surface area contributed by atoms with Crippen molar-refractivity contribution in [2.24, 2.45) is 0 Å². The van der Waals surface area contributed by atoms with E-state index in [9.17, 15) is 13.2 Å². The highest BCUT2D eigenvalue weighted by Crippen LogP contribution is 2.39. The normalized spacial score (nSPS) is 16.5. The average molecular weight is 328 g/mol. The molecule has 82 valence electrons. The van der Waals surface area contributed by atoms with Gasteiger partial charge in [-0.1, -0.05) is 0 Å². The molecule has 0 heterocycles. The van der Waals surface area contributed by atoms with E-state index in [4.69, 9.17) is 4.74 Å². The van der Waals surface area contributed by atoms with Gasteiger partial charge in [0.2, 0.25) is 0 Å². The summed E-state index contributed by atoms with van der Waals surface area (Å²) in [6.07, 6.45) is -2.66. The highest BCUT2D eigenvalue weighted by Gasteiger charge is 2.36. The summed E-state index contributed by atoms with van der Waals surface area (Å²) in [6.45, 7) is 0. The molecule has 1 aromatic carbocycles. The van der Waals surface area contributed by atoms with Crippen LogP contribution in [0, 0.1) is 3.57 Å². The number of benzene rings is 1. The van der Waals surface area contributed by atoms with Crippen LogP contribution in [0.5, 0.6) is 5.75 Å². The molecule has 0 unspecified atom stereocenters. The molecule has 0 bridgehead atoms. The zero-order chi connectivity index (χ0) is 11.1. The second-order valence-electron chi connectivity index (χ2n) is 3.46. The highest BCUT2D eigenvalue weighted by molar-refractivity contribution is 14.1. The SMILES string of the molecule is FC(F)(F)c1cc(I)ccc1OC1CC1. The van der Waals surface area contributed by atoms with Crippen molar-refractivity contribution < 1.29 is 17.9 Å². The number of halogens is 4. The zero-order valence-corrected chi connectivity index (χ0v) is 9.80. The number of hydrogen-bond acceptors (Lipinski definition) is 1. The van der Waals surface area contributed by atoms with Gasteiger partial charge >= 0.3 is 6.18 Å². The molecule has 0 radical (unpaired) electrons. The summed E-state index contributed by atoms with van der Waals surface area (Å²) in [5, 5.41) is 0. The first-order chi connectivity index (χ1) is 6.97. The van der Waals surface area contributed by atoms with Gasteiger partial charge in [0.05, 0.1) is 11.7 Å². The van der Waals surface area contributed by atoms with Gasteiger partial charge in [0, 0.05) is 3.57 Å². The Kier molecular flexibility index (Phi) is 2.83. The Hall–Kier alpha value is -0.460. The van der Waals surface area contributed by atoms with Crippen molar-refractivity contribution in [3.8, 4) is 5.75 Å². The van der Waals surface area contributed by atoms with Gasteiger partial charge < -0.3 is 4.74 Å². The van der Waals surface area contributed by atoms with Crippen LogP contribution < -0.4 is 4.74 Å². The number of alkyl halides is 3. The molecule has 2 rings (SSSR count). The van der Waals surface area contributed by atoms with E-state index in [2.05, 4.69) is 0 Å². The van der Waals surface area contributed by atoms with Crippen molar-refractivity contribution in [2.45, 2.75) is 25.1 Å². The van der Waals surface area contributed by atoms with E-state index in [1.54, 1.807) is 6.07 Å². The van der Waals surface area contributed by atoms with Crippen molar-refractivity contribution in [1.82, 2.24) is 0 Å². The summed E-state index contributed by atoms with van der Waals surface area (Å²) >= 11 is 1.86. The molecule has 0 atom stereocenters. The van der Waals surface area contributed by atoms with Crippen LogP contribution in [0.25, 0.3) is 0 Å². The van der Waals surface area contributed by atoms with Gasteiger partial charge in [-0.2, -0.15) is 13.2 Å². The zero-order valence-electron chi connectivity index (χ0n) is 7.64. The Balaban J connectivity index is 2.34. The second-order valence-corrected chi connectivity index (χ2v) is 4.70. The molecule has 15 heavy (non-hydrogen) atoms. The van der Waals surface area contributed by atoms with Crippen molar-refractivity contribution >= 4 is 22.6 Å². The van der Waals surface area contributed by atoms with Crippen LogP contribution in [-0.2, 0) is 6.18 Å². The molecule has 1 aliphatic carbocycles. The van der Waals surface area contributed by atoms with Crippen LogP contribution >= 0.6 is 22.6 Å². The minimum Gasteiger partial charge on any atom is -0.490 e. The molecule has 0 saturated heterocycles. The lowest BCUT2D eigenvalue weighted by Crippen LogP contribution is -2.09. The Morgan fingerprint density at radius 3 is 2.47 bits per heavy atom. The molecule has 0 aromatic heterocycles. The smallest absolute Gasteiger partial charge is 0.419 e. The van der Waals surface area contributed by atoms with Crippen molar-refractivity contribution in [3.05, 3.63) is 27.3 Å². The van der Waals surface area contributed by atoms with Gasteiger partial charge in [-0.25, -0.2) is 0 Å². The summed E-state index contributed by atoms with van der Waals surface area (Å²) in [5.41, 5.74) is -0.679. The molecule has 0 amide bonds. The molecule has 1 aromatic rings. The maximum absolute atomic E-state index is 12.6. The summed E-state index contributed by atoms with van der Waals surface area (Å²) in [4.78, 5) is 0. The van der Waals surface area contributed by atoms with E-state index >= 15 is 0 Å². The number of hydrogen-bond donors (Lipinski definition) is 0. The molecule has 0 spiro atoms. The first-order valence-electron chi connectivity index (χ1n) is 4.50. The Morgan fingerprint density at radius 2 is 1.93 bits per heavy atom. The third kappa shape index (κ3) is 2.76. The fraction of sp³-hybridized carbons (Fsp3) is 0.400. The van der Waals surface area contributed by atoms with E-state index in [1.165, 1.54) is 6.07 Å². The molecule has 1 aliphatic rings. The van der Waals surface area contributed by atoms with Gasteiger partial charge in [0.25, 0.3) is 0 Å². The van der Waals surface area contributed by atoms with Gasteiger partial charge in [-0.3, -0.25) is 0 Å². The Bertz CT molecular complexity index is 371. The monoisotopic (exact) mass is 328 g/mol. The fourth-order valence-electron chi connectivity index (χ4n) is 1.19. The molecule has 1 nitrogen and oxygen atoms in total. The van der Waals surface area contributed by atoms with E-state index in [1.807, 2.05) is 22.6 Å². The molecular weight excluding hydrogens is 320 g/mol. The van der Waals surface area contributed by atoms with Crippen LogP contribution in [-0.4, -0.2) is 6.10 Å². The van der Waals surface area contributed by atoms with Crippen LogP contribution in [0.1, 0.15) is 18.4 Å². The molecule has 0 N–H and O–H groups in total. The third-order valence-corrected chi connectivity index (χ3v) is 2.74. The van der Waals surface area contributed by atoms with Gasteiger partial charge in [0.15, 0.2) is 0 Å². The Morgan fingerprint density at radius 1 is 1.27 bits per heavy atom. The van der Waals surface area contributed by atoms with Crippen molar-refractivity contribution in [1.29, 1.82) is 0 Å². The summed E-state index contributed by atoms with van der Waals surface area (Å²) in [7, 11) is 0. The fourth-order valence-corrected chi connectivity index (χ4v) is 1.68. The molecule has 5 heteroatoms. The highest BCUT2D eigenvalue weighted by atomic mass is 127. The first-order valence-corrected chi connectivity index (χ1v) is 5.58. The minimum atomic E-state index is -4.34. The van der Waals surface area contributed by atoms with Crippen LogP contribution in [0.3, 0.4) is 0 Å². The van der Waals surface area contributed by atoms with E-state index in [0.717, 1.165) is 18.9 Å². The van der Waals surface area contributed by atoms with E-state index in [0.29, 0.717) is 3.57 Å². The van der Waals surface area contributed by atoms with Gasteiger partial charge in [0.1, 0.15) is 5.75 Å². The molecule has 1 saturated carbocycles. The lowest BCUT2D eigenvalue weighted by molar-refractivity contribution is -0.139. The van der Waals surface area contributed by atoms with Gasteiger partial charge in [-0.05, 0) is 53.6 Å². The van der Waals surface area contributed by atoms with Gasteiger partial charge in [-0.15, -0.1) is 0 Å². The summed E-state index contributed by atoms with van der Waals surface area (Å²) in [5.74, 6) is -0.0505. The number of ether oxygens (including phenoxy) is 1. The topological polar surface area (TPSA) is 9.23 Å². The standard InChI is InChI=1S/C10H8F3IO/c11-10(12,13)8-5-6(14)1-4-9(8)15-7-2-3-7/h1,4-5,7H,2-3H2. The predicted molar refractivity (Wildman–Crippen MR) is 57.8 cm³/mol. The summed E-state index contributed by atoms with van der Waals surface area (Å²) in [6, 6.07) is 4.12. The number of rotatable bonds is 2. The van der Waals surface area contributed by atoms with Crippen LogP contribution in [0.4, 0.5) is 13.2 Å².